The number of halogens is 1. The number of carbonyl (C=O) groups excluding carboxylic acids is 1. The number of rotatable bonds is 3. The molecule has 146 valence electrons. The van der Waals surface area contributed by atoms with Gasteiger partial charge in [0.15, 0.2) is 0 Å². The van der Waals surface area contributed by atoms with Crippen LogP contribution in [0.2, 0.25) is 5.02 Å². The van der Waals surface area contributed by atoms with Crippen LogP contribution in [0.15, 0.2) is 58.5 Å². The molecule has 0 N–H and O–H groups in total. The normalized spacial score (nSPS) is 18.4. The van der Waals surface area contributed by atoms with Gasteiger partial charge in [-0.3, -0.25) is 9.80 Å². The Bertz CT molecular complexity index is 1050. The first-order chi connectivity index (χ1) is 13.5. The van der Waals surface area contributed by atoms with Crippen molar-refractivity contribution in [2.24, 2.45) is 5.10 Å². The van der Waals surface area contributed by atoms with Crippen LogP contribution >= 0.6 is 11.6 Å². The molecule has 2 heterocycles. The first-order valence-corrected chi connectivity index (χ1v) is 10.7. The molecule has 0 unspecified atom stereocenters. The first kappa shape index (κ1) is 18.9. The summed E-state index contributed by atoms with van der Waals surface area (Å²) in [7, 11) is -4.02. The number of anilines is 1. The highest BCUT2D eigenvalue weighted by Crippen LogP contribution is 2.33. The zero-order valence-electron chi connectivity index (χ0n) is 14.9. The lowest BCUT2D eigenvalue weighted by Crippen LogP contribution is -2.47. The second kappa shape index (κ2) is 7.54. The number of benzene rings is 2. The SMILES string of the molecule is O=C(C1=NN(Cc2ccccc2Cl)c2ccccc2S1(=O)=O)N1CCOCC1. The monoisotopic (exact) mass is 419 g/mol. The molecule has 0 spiro atoms. The number of para-hydroxylation sites is 1. The smallest absolute Gasteiger partial charge is 0.286 e. The molecule has 1 fully saturated rings. The van der Waals surface area contributed by atoms with E-state index in [0.29, 0.717) is 37.0 Å². The largest absolute Gasteiger partial charge is 0.378 e. The minimum Gasteiger partial charge on any atom is -0.378 e. The maximum atomic E-state index is 13.1. The summed E-state index contributed by atoms with van der Waals surface area (Å²) in [5, 5.41) is 5.85. The van der Waals surface area contributed by atoms with Crippen LogP contribution in [0, 0.1) is 0 Å². The molecule has 2 aromatic rings. The molecule has 28 heavy (non-hydrogen) atoms. The Labute approximate surface area is 168 Å². The summed E-state index contributed by atoms with van der Waals surface area (Å²) in [4.78, 5) is 14.5. The van der Waals surface area contributed by atoms with Crippen molar-refractivity contribution in [1.29, 1.82) is 0 Å². The lowest BCUT2D eigenvalue weighted by atomic mass is 10.2. The summed E-state index contributed by atoms with van der Waals surface area (Å²) in [6.45, 7) is 1.66. The van der Waals surface area contributed by atoms with Crippen molar-refractivity contribution in [2.45, 2.75) is 11.4 Å². The zero-order valence-corrected chi connectivity index (χ0v) is 16.5. The molecule has 0 radical (unpaired) electrons. The van der Waals surface area contributed by atoms with E-state index in [1.807, 2.05) is 18.2 Å². The Kier molecular flexibility index (Phi) is 5.09. The van der Waals surface area contributed by atoms with Crippen LogP contribution in [-0.4, -0.2) is 50.6 Å². The lowest BCUT2D eigenvalue weighted by Gasteiger charge is -2.31. The Morgan fingerprint density at radius 1 is 1.07 bits per heavy atom. The average Bonchev–Trinajstić information content (AvgIpc) is 2.72. The van der Waals surface area contributed by atoms with Gasteiger partial charge < -0.3 is 9.64 Å². The molecule has 0 aliphatic carbocycles. The van der Waals surface area contributed by atoms with E-state index in [-0.39, 0.29) is 11.4 Å². The lowest BCUT2D eigenvalue weighted by molar-refractivity contribution is -0.127. The van der Waals surface area contributed by atoms with Gasteiger partial charge in [-0.1, -0.05) is 41.9 Å². The van der Waals surface area contributed by atoms with Crippen LogP contribution in [0.3, 0.4) is 0 Å². The van der Waals surface area contributed by atoms with Crippen LogP contribution in [0.1, 0.15) is 5.56 Å². The summed E-state index contributed by atoms with van der Waals surface area (Å²) in [6, 6.07) is 13.8. The highest BCUT2D eigenvalue weighted by atomic mass is 35.5. The maximum absolute atomic E-state index is 13.1. The van der Waals surface area contributed by atoms with Crippen molar-refractivity contribution >= 4 is 38.1 Å². The van der Waals surface area contributed by atoms with Crippen molar-refractivity contribution in [1.82, 2.24) is 4.90 Å². The van der Waals surface area contributed by atoms with Crippen LogP contribution in [0.25, 0.3) is 0 Å². The number of fused-ring (bicyclic) bond motifs is 1. The number of hydrazone groups is 1. The third-order valence-electron chi connectivity index (χ3n) is 4.66. The predicted octanol–water partition coefficient (Wildman–Crippen LogP) is 2.31. The van der Waals surface area contributed by atoms with Gasteiger partial charge in [0.25, 0.3) is 5.91 Å². The van der Waals surface area contributed by atoms with Crippen molar-refractivity contribution in [2.75, 3.05) is 31.3 Å². The van der Waals surface area contributed by atoms with E-state index in [2.05, 4.69) is 5.10 Å². The van der Waals surface area contributed by atoms with Gasteiger partial charge >= 0.3 is 0 Å². The molecule has 7 nitrogen and oxygen atoms in total. The second-order valence-corrected chi connectivity index (χ2v) is 8.67. The van der Waals surface area contributed by atoms with Gasteiger partial charge in [0, 0.05) is 18.1 Å². The number of morpholine rings is 1. The molecular formula is C19H18ClN3O4S. The minimum absolute atomic E-state index is 0.0636. The highest BCUT2D eigenvalue weighted by Gasteiger charge is 2.39. The number of sulfone groups is 1. The van der Waals surface area contributed by atoms with Crippen molar-refractivity contribution in [3.8, 4) is 0 Å². The van der Waals surface area contributed by atoms with Gasteiger partial charge in [0.05, 0.1) is 30.3 Å². The van der Waals surface area contributed by atoms with E-state index >= 15 is 0 Å². The molecule has 2 aliphatic rings. The molecule has 0 aromatic heterocycles. The zero-order chi connectivity index (χ0) is 19.7. The van der Waals surface area contributed by atoms with E-state index < -0.39 is 20.8 Å². The quantitative estimate of drug-likeness (QED) is 0.762. The number of hydrogen-bond donors (Lipinski definition) is 0. The fourth-order valence-corrected chi connectivity index (χ4v) is 4.86. The average molecular weight is 420 g/mol. The topological polar surface area (TPSA) is 79.3 Å². The molecule has 0 atom stereocenters. The highest BCUT2D eigenvalue weighted by molar-refractivity contribution is 8.08. The van der Waals surface area contributed by atoms with Crippen LogP contribution in [-0.2, 0) is 25.9 Å². The van der Waals surface area contributed by atoms with Gasteiger partial charge in [-0.15, -0.1) is 0 Å². The second-order valence-electron chi connectivity index (χ2n) is 6.43. The Balaban J connectivity index is 1.77. The maximum Gasteiger partial charge on any atom is 0.286 e. The van der Waals surface area contributed by atoms with Crippen LogP contribution in [0.5, 0.6) is 0 Å². The predicted molar refractivity (Wildman–Crippen MR) is 106 cm³/mol. The van der Waals surface area contributed by atoms with E-state index in [9.17, 15) is 13.2 Å². The number of amides is 1. The van der Waals surface area contributed by atoms with Crippen molar-refractivity contribution in [3.63, 3.8) is 0 Å². The summed E-state index contributed by atoms with van der Waals surface area (Å²) in [5.41, 5.74) is 1.20. The number of nitrogens with zero attached hydrogens (tertiary/aromatic N) is 3. The Morgan fingerprint density at radius 2 is 1.75 bits per heavy atom. The van der Waals surface area contributed by atoms with Crippen LogP contribution < -0.4 is 5.01 Å². The van der Waals surface area contributed by atoms with Crippen molar-refractivity contribution in [3.05, 3.63) is 59.1 Å². The van der Waals surface area contributed by atoms with Gasteiger partial charge in [0.1, 0.15) is 0 Å². The molecule has 0 saturated carbocycles. The third-order valence-corrected chi connectivity index (χ3v) is 6.72. The summed E-state index contributed by atoms with van der Waals surface area (Å²) in [5.74, 6) is -0.609. The van der Waals surface area contributed by atoms with Gasteiger partial charge in [-0.25, -0.2) is 8.42 Å². The minimum atomic E-state index is -4.02. The Hall–Kier alpha value is -2.42. The van der Waals surface area contributed by atoms with Gasteiger partial charge in [0.2, 0.25) is 14.9 Å². The summed E-state index contributed by atoms with van der Waals surface area (Å²) >= 11 is 6.26. The fourth-order valence-electron chi connectivity index (χ4n) is 3.19. The van der Waals surface area contributed by atoms with E-state index in [0.717, 1.165) is 5.56 Å². The Morgan fingerprint density at radius 3 is 2.50 bits per heavy atom. The molecule has 1 saturated heterocycles. The molecular weight excluding hydrogens is 402 g/mol. The molecule has 9 heteroatoms. The first-order valence-electron chi connectivity index (χ1n) is 8.79. The number of hydrogen-bond acceptors (Lipinski definition) is 6. The molecule has 2 aromatic carbocycles. The van der Waals surface area contributed by atoms with E-state index in [1.165, 1.54) is 16.0 Å². The van der Waals surface area contributed by atoms with Crippen LogP contribution in [0.4, 0.5) is 5.69 Å². The summed E-state index contributed by atoms with van der Waals surface area (Å²) in [6.07, 6.45) is 0. The number of ether oxygens (including phenoxy) is 1. The van der Waals surface area contributed by atoms with Crippen molar-refractivity contribution < 1.29 is 17.9 Å². The molecule has 4 rings (SSSR count). The summed E-state index contributed by atoms with van der Waals surface area (Å²) < 4.78 is 31.4. The molecule has 2 aliphatic heterocycles. The van der Waals surface area contributed by atoms with Gasteiger partial charge in [-0.05, 0) is 23.8 Å². The standard InChI is InChI=1S/C19H18ClN3O4S/c20-15-6-2-1-5-14(15)13-23-16-7-3-4-8-17(16)28(25,26)18(21-23)19(24)22-9-11-27-12-10-22/h1-8H,9-13H2. The molecule has 1 amide bonds. The van der Waals surface area contributed by atoms with Gasteiger partial charge in [-0.2, -0.15) is 5.10 Å². The van der Waals surface area contributed by atoms with E-state index in [4.69, 9.17) is 16.3 Å². The van der Waals surface area contributed by atoms with E-state index in [1.54, 1.807) is 24.3 Å². The third kappa shape index (κ3) is 3.39. The number of carbonyl (C=O) groups is 1. The fraction of sp³-hybridized carbons (Fsp3) is 0.263. The molecule has 0 bridgehead atoms.